The second kappa shape index (κ2) is 10.2. The van der Waals surface area contributed by atoms with E-state index in [0.717, 1.165) is 9.13 Å². The molecular weight excluding hydrogens is 531 g/mol. The van der Waals surface area contributed by atoms with E-state index < -0.39 is 5.97 Å². The van der Waals surface area contributed by atoms with E-state index in [-0.39, 0.29) is 5.91 Å². The monoisotopic (exact) mass is 552 g/mol. The predicted molar refractivity (Wildman–Crippen MR) is 130 cm³/mol. The Bertz CT molecular complexity index is 1070. The predicted octanol–water partition coefficient (Wildman–Crippen LogP) is 4.72. The number of carbonyl (C=O) groups excluding carboxylic acids is 2. The molecule has 1 saturated heterocycles. The maximum absolute atomic E-state index is 12.7. The molecule has 31 heavy (non-hydrogen) atoms. The molecule has 3 rings (SSSR count). The number of aliphatic imine (C=N–C) groups is 1. The lowest BCUT2D eigenvalue weighted by atomic mass is 10.2. The topological polar surface area (TPSA) is 77.4 Å². The van der Waals surface area contributed by atoms with Crippen LogP contribution >= 0.6 is 34.4 Å². The molecule has 2 aromatic carbocycles. The summed E-state index contributed by atoms with van der Waals surface area (Å²) in [7, 11) is 4.60. The van der Waals surface area contributed by atoms with Gasteiger partial charge in [-0.05, 0) is 89.3 Å². The number of methoxy groups -OCH3 is 2. The number of thioether (sulfide) groups is 1. The molecule has 0 aromatic heterocycles. The SMILES string of the molecule is CCOc1c(I)cc(C=C2SC(=Nc3ccc(C(=O)OC)cc3)N(C)C2=O)cc1OC. The Labute approximate surface area is 198 Å². The number of hydrogen-bond acceptors (Lipinski definition) is 7. The van der Waals surface area contributed by atoms with Crippen molar-refractivity contribution in [2.75, 3.05) is 27.9 Å². The molecule has 1 aliphatic rings. The number of esters is 1. The van der Waals surface area contributed by atoms with E-state index in [0.29, 0.717) is 39.4 Å². The Morgan fingerprint density at radius 2 is 1.94 bits per heavy atom. The third-order valence-electron chi connectivity index (χ3n) is 4.35. The van der Waals surface area contributed by atoms with Crippen LogP contribution in [0.1, 0.15) is 22.8 Å². The number of rotatable bonds is 6. The van der Waals surface area contributed by atoms with E-state index in [1.165, 1.54) is 23.8 Å². The summed E-state index contributed by atoms with van der Waals surface area (Å²) in [4.78, 5) is 30.9. The van der Waals surface area contributed by atoms with Crippen LogP contribution in [-0.4, -0.2) is 49.8 Å². The van der Waals surface area contributed by atoms with E-state index in [2.05, 4.69) is 27.6 Å². The average molecular weight is 552 g/mol. The number of carbonyl (C=O) groups is 2. The van der Waals surface area contributed by atoms with E-state index in [1.807, 2.05) is 25.1 Å². The highest BCUT2D eigenvalue weighted by Crippen LogP contribution is 2.37. The number of hydrogen-bond donors (Lipinski definition) is 0. The minimum atomic E-state index is -0.410. The van der Waals surface area contributed by atoms with Gasteiger partial charge in [0.2, 0.25) is 0 Å². The van der Waals surface area contributed by atoms with Crippen molar-refractivity contribution in [1.29, 1.82) is 0 Å². The summed E-state index contributed by atoms with van der Waals surface area (Å²) >= 11 is 3.48. The van der Waals surface area contributed by atoms with Crippen LogP contribution in [0.2, 0.25) is 0 Å². The molecule has 0 bridgehead atoms. The van der Waals surface area contributed by atoms with Crippen LogP contribution in [-0.2, 0) is 9.53 Å². The maximum Gasteiger partial charge on any atom is 0.337 e. The van der Waals surface area contributed by atoms with Gasteiger partial charge in [-0.2, -0.15) is 0 Å². The van der Waals surface area contributed by atoms with Crippen molar-refractivity contribution in [3.63, 3.8) is 0 Å². The molecule has 0 atom stereocenters. The second-order valence-electron chi connectivity index (χ2n) is 6.37. The van der Waals surface area contributed by atoms with E-state index in [4.69, 9.17) is 14.2 Å². The van der Waals surface area contributed by atoms with Gasteiger partial charge >= 0.3 is 5.97 Å². The fraction of sp³-hybridized carbons (Fsp3) is 0.227. The lowest BCUT2D eigenvalue weighted by Crippen LogP contribution is -2.23. The average Bonchev–Trinajstić information content (AvgIpc) is 3.03. The van der Waals surface area contributed by atoms with Gasteiger partial charge in [-0.1, -0.05) is 0 Å². The number of ether oxygens (including phenoxy) is 3. The molecule has 1 aliphatic heterocycles. The fourth-order valence-corrected chi connectivity index (χ4v) is 4.58. The van der Waals surface area contributed by atoms with Gasteiger partial charge in [-0.3, -0.25) is 9.69 Å². The van der Waals surface area contributed by atoms with Gasteiger partial charge in [-0.15, -0.1) is 0 Å². The fourth-order valence-electron chi connectivity index (χ4n) is 2.81. The lowest BCUT2D eigenvalue weighted by molar-refractivity contribution is -0.121. The van der Waals surface area contributed by atoms with Gasteiger partial charge in [-0.25, -0.2) is 9.79 Å². The Morgan fingerprint density at radius 1 is 1.23 bits per heavy atom. The number of benzene rings is 2. The van der Waals surface area contributed by atoms with Crippen LogP contribution in [0.4, 0.5) is 5.69 Å². The molecule has 1 fully saturated rings. The van der Waals surface area contributed by atoms with Crippen molar-refractivity contribution < 1.29 is 23.8 Å². The highest BCUT2D eigenvalue weighted by molar-refractivity contribution is 14.1. The van der Waals surface area contributed by atoms with Crippen LogP contribution < -0.4 is 9.47 Å². The first-order valence-corrected chi connectivity index (χ1v) is 11.2. The molecule has 0 aliphatic carbocycles. The van der Waals surface area contributed by atoms with Crippen molar-refractivity contribution in [2.45, 2.75) is 6.92 Å². The van der Waals surface area contributed by atoms with Gasteiger partial charge in [0, 0.05) is 7.05 Å². The number of likely N-dealkylation sites (N-methyl/N-ethyl adjacent to an activating group) is 1. The van der Waals surface area contributed by atoms with Crippen molar-refractivity contribution >= 4 is 63.2 Å². The normalized spacial score (nSPS) is 16.2. The summed E-state index contributed by atoms with van der Waals surface area (Å²) in [6.45, 7) is 2.45. The minimum Gasteiger partial charge on any atom is -0.493 e. The number of nitrogens with zero attached hydrogens (tertiary/aromatic N) is 2. The molecule has 0 spiro atoms. The molecule has 0 unspecified atom stereocenters. The molecule has 0 saturated carbocycles. The smallest absolute Gasteiger partial charge is 0.337 e. The third-order valence-corrected chi connectivity index (χ3v) is 6.22. The third kappa shape index (κ3) is 5.21. The van der Waals surface area contributed by atoms with Crippen molar-refractivity contribution in [3.8, 4) is 11.5 Å². The van der Waals surface area contributed by atoms with E-state index in [1.54, 1.807) is 38.4 Å². The van der Waals surface area contributed by atoms with Crippen LogP contribution in [0.25, 0.3) is 6.08 Å². The molecule has 162 valence electrons. The van der Waals surface area contributed by atoms with Gasteiger partial charge in [0.15, 0.2) is 16.7 Å². The Kier molecular flexibility index (Phi) is 7.60. The van der Waals surface area contributed by atoms with Crippen molar-refractivity contribution in [2.24, 2.45) is 4.99 Å². The van der Waals surface area contributed by atoms with E-state index >= 15 is 0 Å². The zero-order chi connectivity index (χ0) is 22.5. The lowest BCUT2D eigenvalue weighted by Gasteiger charge is -2.12. The standard InChI is InChI=1S/C22H21IN2O5S/c1-5-30-19-16(23)10-13(11-17(19)28-3)12-18-20(26)25(2)22(31-18)24-15-8-6-14(7-9-15)21(27)29-4/h6-12H,5H2,1-4H3. The van der Waals surface area contributed by atoms with Crippen molar-refractivity contribution in [3.05, 3.63) is 56.0 Å². The van der Waals surface area contributed by atoms with Crippen LogP contribution in [0.3, 0.4) is 0 Å². The molecule has 0 radical (unpaired) electrons. The summed E-state index contributed by atoms with van der Waals surface area (Å²) < 4.78 is 16.7. The minimum absolute atomic E-state index is 0.141. The number of amides is 1. The molecule has 1 amide bonds. The summed E-state index contributed by atoms with van der Waals surface area (Å²) in [5.41, 5.74) is 1.90. The summed E-state index contributed by atoms with van der Waals surface area (Å²) in [6, 6.07) is 10.5. The first-order valence-electron chi connectivity index (χ1n) is 9.33. The Hall–Kier alpha value is -2.53. The quantitative estimate of drug-likeness (QED) is 0.294. The summed E-state index contributed by atoms with van der Waals surface area (Å²) in [5, 5.41) is 0.551. The number of halogens is 1. The summed E-state index contributed by atoms with van der Waals surface area (Å²) in [5.74, 6) is 0.752. The molecule has 9 heteroatoms. The molecule has 2 aromatic rings. The Balaban J connectivity index is 1.87. The van der Waals surface area contributed by atoms with Gasteiger partial charge < -0.3 is 14.2 Å². The van der Waals surface area contributed by atoms with E-state index in [9.17, 15) is 9.59 Å². The van der Waals surface area contributed by atoms with Gasteiger partial charge in [0.05, 0.1) is 40.6 Å². The number of amidine groups is 1. The second-order valence-corrected chi connectivity index (χ2v) is 8.55. The largest absolute Gasteiger partial charge is 0.493 e. The van der Waals surface area contributed by atoms with Crippen LogP contribution in [0, 0.1) is 3.57 Å². The highest BCUT2D eigenvalue weighted by atomic mass is 127. The molecule has 7 nitrogen and oxygen atoms in total. The molecule has 0 N–H and O–H groups in total. The molecular formula is C22H21IN2O5S. The van der Waals surface area contributed by atoms with Crippen LogP contribution in [0.15, 0.2) is 46.3 Å². The molecule has 1 heterocycles. The first-order chi connectivity index (χ1) is 14.9. The maximum atomic E-state index is 12.7. The highest BCUT2D eigenvalue weighted by Gasteiger charge is 2.30. The van der Waals surface area contributed by atoms with Crippen LogP contribution in [0.5, 0.6) is 11.5 Å². The first kappa shape index (κ1) is 23.1. The van der Waals surface area contributed by atoms with Gasteiger partial charge in [0.1, 0.15) is 0 Å². The Morgan fingerprint density at radius 3 is 2.55 bits per heavy atom. The zero-order valence-electron chi connectivity index (χ0n) is 17.5. The zero-order valence-corrected chi connectivity index (χ0v) is 20.4. The summed E-state index contributed by atoms with van der Waals surface area (Å²) in [6.07, 6.45) is 1.81. The van der Waals surface area contributed by atoms with Gasteiger partial charge in [0.25, 0.3) is 5.91 Å². The van der Waals surface area contributed by atoms with Crippen molar-refractivity contribution in [1.82, 2.24) is 4.90 Å².